The van der Waals surface area contributed by atoms with Crippen molar-refractivity contribution in [3.8, 4) is 0 Å². The monoisotopic (exact) mass is 327 g/mol. The van der Waals surface area contributed by atoms with Crippen molar-refractivity contribution >= 4 is 23.4 Å². The lowest BCUT2D eigenvalue weighted by atomic mass is 10.1. The van der Waals surface area contributed by atoms with Crippen LogP contribution in [0, 0.1) is 0 Å². The van der Waals surface area contributed by atoms with Gasteiger partial charge in [0.1, 0.15) is 6.33 Å². The van der Waals surface area contributed by atoms with E-state index >= 15 is 0 Å². The van der Waals surface area contributed by atoms with Crippen molar-refractivity contribution in [2.75, 3.05) is 12.4 Å². The molecule has 0 saturated heterocycles. The number of thioether (sulfide) groups is 1. The number of nitrogens with zero attached hydrogens (tertiary/aromatic N) is 3. The van der Waals surface area contributed by atoms with Gasteiger partial charge in [-0.3, -0.25) is 0 Å². The first-order valence-corrected chi connectivity index (χ1v) is 7.94. The number of aryl methyl sites for hydroxylation is 1. The number of aliphatic hydroxyl groups is 1. The van der Waals surface area contributed by atoms with Gasteiger partial charge in [-0.25, -0.2) is 0 Å². The molecule has 1 aromatic heterocycles. The molecule has 1 heterocycles. The number of ether oxygens (including phenoxy) is 1. The van der Waals surface area contributed by atoms with Crippen LogP contribution in [0.25, 0.3) is 0 Å². The highest BCUT2D eigenvalue weighted by molar-refractivity contribution is 7.99. The van der Waals surface area contributed by atoms with Crippen LogP contribution in [0.5, 0.6) is 0 Å². The summed E-state index contributed by atoms with van der Waals surface area (Å²) in [5.74, 6) is 0.514. The van der Waals surface area contributed by atoms with Gasteiger partial charge in [0.25, 0.3) is 0 Å². The smallest absolute Gasteiger partial charge is 0.190 e. The van der Waals surface area contributed by atoms with Gasteiger partial charge in [0.05, 0.1) is 18.8 Å². The second-order valence-electron chi connectivity index (χ2n) is 4.72. The summed E-state index contributed by atoms with van der Waals surface area (Å²) >= 11 is 7.30. The van der Waals surface area contributed by atoms with Gasteiger partial charge < -0.3 is 14.4 Å². The van der Waals surface area contributed by atoms with Gasteiger partial charge >= 0.3 is 0 Å². The molecule has 0 aliphatic rings. The number of rotatable bonds is 7. The van der Waals surface area contributed by atoms with Crippen molar-refractivity contribution in [3.05, 3.63) is 41.2 Å². The molecule has 0 unspecified atom stereocenters. The minimum absolute atomic E-state index is 0.0863. The Morgan fingerprint density at radius 1 is 1.38 bits per heavy atom. The Labute approximate surface area is 133 Å². The van der Waals surface area contributed by atoms with Crippen molar-refractivity contribution in [2.24, 2.45) is 7.05 Å². The molecule has 2 atom stereocenters. The fraction of sp³-hybridized carbons (Fsp3) is 0.429. The van der Waals surface area contributed by atoms with Gasteiger partial charge in [0.15, 0.2) is 5.16 Å². The van der Waals surface area contributed by atoms with Crippen LogP contribution in [0.3, 0.4) is 0 Å². The lowest BCUT2D eigenvalue weighted by Gasteiger charge is -2.16. The van der Waals surface area contributed by atoms with Crippen LogP contribution < -0.4 is 0 Å². The van der Waals surface area contributed by atoms with Gasteiger partial charge in [-0.1, -0.05) is 35.5 Å². The Morgan fingerprint density at radius 2 is 2.10 bits per heavy atom. The molecule has 21 heavy (non-hydrogen) atoms. The highest BCUT2D eigenvalue weighted by Crippen LogP contribution is 2.20. The Morgan fingerprint density at radius 3 is 2.71 bits per heavy atom. The Hall–Kier alpha value is -1.08. The second kappa shape index (κ2) is 7.79. The SMILES string of the molecule is C[C@H](OC[C@@H](O)CSc1nncn1C)c1ccc(Cl)cc1. The molecule has 0 radical (unpaired) electrons. The maximum Gasteiger partial charge on any atom is 0.190 e. The van der Waals surface area contributed by atoms with E-state index in [2.05, 4.69) is 10.2 Å². The molecule has 0 aliphatic carbocycles. The van der Waals surface area contributed by atoms with E-state index in [0.29, 0.717) is 10.8 Å². The van der Waals surface area contributed by atoms with E-state index < -0.39 is 6.10 Å². The van der Waals surface area contributed by atoms with Crippen molar-refractivity contribution in [3.63, 3.8) is 0 Å². The number of aromatic nitrogens is 3. The van der Waals surface area contributed by atoms with E-state index in [1.54, 1.807) is 6.33 Å². The predicted molar refractivity (Wildman–Crippen MR) is 83.6 cm³/mol. The molecular weight excluding hydrogens is 310 g/mol. The molecule has 1 N–H and O–H groups in total. The number of halogens is 1. The van der Waals surface area contributed by atoms with Gasteiger partial charge in [-0.15, -0.1) is 10.2 Å². The first-order valence-electron chi connectivity index (χ1n) is 6.58. The largest absolute Gasteiger partial charge is 0.390 e. The molecule has 7 heteroatoms. The molecule has 0 amide bonds. The quantitative estimate of drug-likeness (QED) is 0.792. The zero-order valence-corrected chi connectivity index (χ0v) is 13.5. The molecule has 2 aromatic rings. The first kappa shape index (κ1) is 16.3. The van der Waals surface area contributed by atoms with E-state index in [1.807, 2.05) is 42.8 Å². The molecule has 0 aliphatic heterocycles. The molecule has 0 fully saturated rings. The Kier molecular flexibility index (Phi) is 6.05. The summed E-state index contributed by atoms with van der Waals surface area (Å²) in [4.78, 5) is 0. The highest BCUT2D eigenvalue weighted by Gasteiger charge is 2.12. The predicted octanol–water partition coefficient (Wildman–Crippen LogP) is 2.70. The van der Waals surface area contributed by atoms with Crippen molar-refractivity contribution in [1.82, 2.24) is 14.8 Å². The maximum atomic E-state index is 9.95. The number of hydrogen-bond donors (Lipinski definition) is 1. The molecule has 0 spiro atoms. The van der Waals surface area contributed by atoms with Gasteiger partial charge in [-0.2, -0.15) is 0 Å². The second-order valence-corrected chi connectivity index (χ2v) is 6.14. The molecule has 2 rings (SSSR count). The summed E-state index contributed by atoms with van der Waals surface area (Å²) < 4.78 is 7.49. The lowest BCUT2D eigenvalue weighted by Crippen LogP contribution is -2.19. The molecular formula is C14H18ClN3O2S. The minimum atomic E-state index is -0.554. The molecule has 114 valence electrons. The van der Waals surface area contributed by atoms with E-state index in [0.717, 1.165) is 10.7 Å². The first-order chi connectivity index (χ1) is 10.1. The summed E-state index contributed by atoms with van der Waals surface area (Å²) in [7, 11) is 1.87. The van der Waals surface area contributed by atoms with Crippen molar-refractivity contribution in [1.29, 1.82) is 0 Å². The average molecular weight is 328 g/mol. The maximum absolute atomic E-state index is 9.95. The number of aliphatic hydroxyl groups excluding tert-OH is 1. The van der Waals surface area contributed by atoms with E-state index in [9.17, 15) is 5.11 Å². The zero-order valence-electron chi connectivity index (χ0n) is 11.9. The van der Waals surface area contributed by atoms with Gasteiger partial charge in [0, 0.05) is 17.8 Å². The molecule has 0 bridgehead atoms. The summed E-state index contributed by atoms with van der Waals surface area (Å²) in [5.41, 5.74) is 1.03. The third-order valence-electron chi connectivity index (χ3n) is 2.95. The Balaban J connectivity index is 1.74. The van der Waals surface area contributed by atoms with Crippen LogP contribution in [0.1, 0.15) is 18.6 Å². The van der Waals surface area contributed by atoms with E-state index in [-0.39, 0.29) is 12.7 Å². The van der Waals surface area contributed by atoms with Gasteiger partial charge in [0.2, 0.25) is 0 Å². The van der Waals surface area contributed by atoms with Crippen LogP contribution >= 0.6 is 23.4 Å². The number of benzene rings is 1. The summed E-state index contributed by atoms with van der Waals surface area (Å²) in [6.45, 7) is 2.22. The zero-order chi connectivity index (χ0) is 15.2. The van der Waals surface area contributed by atoms with E-state index in [4.69, 9.17) is 16.3 Å². The average Bonchev–Trinajstić information content (AvgIpc) is 2.88. The summed E-state index contributed by atoms with van der Waals surface area (Å²) in [5, 5.41) is 19.2. The van der Waals surface area contributed by atoms with Gasteiger partial charge in [-0.05, 0) is 24.6 Å². The normalized spacial score (nSPS) is 14.1. The lowest BCUT2D eigenvalue weighted by molar-refractivity contribution is 0.00621. The fourth-order valence-electron chi connectivity index (χ4n) is 1.71. The Bertz CT molecular complexity index is 562. The molecule has 1 aromatic carbocycles. The standard InChI is InChI=1S/C14H18ClN3O2S/c1-10(11-3-5-12(15)6-4-11)20-7-13(19)8-21-14-17-16-9-18(14)2/h3-6,9-10,13,19H,7-8H2,1-2H3/t10-,13+/m0/s1. The third kappa shape index (κ3) is 5.00. The number of hydrogen-bond acceptors (Lipinski definition) is 5. The topological polar surface area (TPSA) is 60.2 Å². The summed E-state index contributed by atoms with van der Waals surface area (Å²) in [6.07, 6.45) is 0.992. The fourth-order valence-corrected chi connectivity index (χ4v) is 2.63. The van der Waals surface area contributed by atoms with E-state index in [1.165, 1.54) is 11.8 Å². The third-order valence-corrected chi connectivity index (χ3v) is 4.38. The summed E-state index contributed by atoms with van der Waals surface area (Å²) in [6, 6.07) is 7.51. The highest BCUT2D eigenvalue weighted by atomic mass is 35.5. The van der Waals surface area contributed by atoms with Crippen LogP contribution in [0.15, 0.2) is 35.7 Å². The van der Waals surface area contributed by atoms with Crippen LogP contribution in [0.2, 0.25) is 5.02 Å². The minimum Gasteiger partial charge on any atom is -0.390 e. The molecule has 5 nitrogen and oxygen atoms in total. The van der Waals surface area contributed by atoms with Crippen molar-refractivity contribution in [2.45, 2.75) is 24.3 Å². The van der Waals surface area contributed by atoms with Crippen LogP contribution in [0.4, 0.5) is 0 Å². The van der Waals surface area contributed by atoms with Crippen LogP contribution in [-0.4, -0.2) is 38.3 Å². The van der Waals surface area contributed by atoms with Crippen molar-refractivity contribution < 1.29 is 9.84 Å². The van der Waals surface area contributed by atoms with Crippen LogP contribution in [-0.2, 0) is 11.8 Å². The molecule has 0 saturated carbocycles.